The first kappa shape index (κ1) is 16.9. The Kier molecular flexibility index (Phi) is 4.86. The SMILES string of the molecule is O=C(Nc1ncc(Cc2cccc(C(F)(F)F)c2)s1)[C@H]1CCCO1. The molecule has 1 aliphatic heterocycles. The normalized spacial score (nSPS) is 17.9. The van der Waals surface area contributed by atoms with Crippen LogP contribution in [0.25, 0.3) is 0 Å². The maximum absolute atomic E-state index is 12.7. The van der Waals surface area contributed by atoms with E-state index in [-0.39, 0.29) is 5.91 Å². The molecule has 1 amide bonds. The van der Waals surface area contributed by atoms with Gasteiger partial charge in [0.1, 0.15) is 6.10 Å². The molecule has 8 heteroatoms. The average Bonchev–Trinajstić information content (AvgIpc) is 3.18. The lowest BCUT2D eigenvalue weighted by Gasteiger charge is -2.08. The number of hydrogen-bond donors (Lipinski definition) is 1. The van der Waals surface area contributed by atoms with Gasteiger partial charge >= 0.3 is 6.18 Å². The van der Waals surface area contributed by atoms with Crippen LogP contribution in [0.1, 0.15) is 28.8 Å². The van der Waals surface area contributed by atoms with Crippen LogP contribution in [0.15, 0.2) is 30.5 Å². The van der Waals surface area contributed by atoms with Crippen LogP contribution in [-0.4, -0.2) is 23.6 Å². The molecule has 1 N–H and O–H groups in total. The van der Waals surface area contributed by atoms with Gasteiger partial charge in [0.25, 0.3) is 5.91 Å². The van der Waals surface area contributed by atoms with Crippen LogP contribution in [-0.2, 0) is 22.1 Å². The maximum atomic E-state index is 12.7. The summed E-state index contributed by atoms with van der Waals surface area (Å²) in [6, 6.07) is 5.20. The molecule has 2 heterocycles. The van der Waals surface area contributed by atoms with Crippen LogP contribution < -0.4 is 5.32 Å². The second-order valence-electron chi connectivity index (χ2n) is 5.50. The van der Waals surface area contributed by atoms with E-state index >= 15 is 0 Å². The number of nitrogens with zero attached hydrogens (tertiary/aromatic N) is 1. The number of rotatable bonds is 4. The molecule has 24 heavy (non-hydrogen) atoms. The molecule has 1 atom stereocenters. The topological polar surface area (TPSA) is 51.2 Å². The van der Waals surface area contributed by atoms with E-state index in [1.807, 2.05) is 0 Å². The van der Waals surface area contributed by atoms with Crippen molar-refractivity contribution >= 4 is 22.4 Å². The standard InChI is InChI=1S/C16H15F3N2O2S/c17-16(18,19)11-4-1-3-10(7-11)8-12-9-20-15(24-12)21-14(22)13-5-2-6-23-13/h1,3-4,7,9,13H,2,5-6,8H2,(H,20,21,22)/t13-/m1/s1. The lowest BCUT2D eigenvalue weighted by Crippen LogP contribution is -2.26. The summed E-state index contributed by atoms with van der Waals surface area (Å²) >= 11 is 1.25. The molecule has 0 aliphatic carbocycles. The molecule has 3 rings (SSSR count). The number of hydrogen-bond acceptors (Lipinski definition) is 4. The average molecular weight is 356 g/mol. The van der Waals surface area contributed by atoms with Gasteiger partial charge in [-0.25, -0.2) is 4.98 Å². The maximum Gasteiger partial charge on any atom is 0.416 e. The molecule has 0 radical (unpaired) electrons. The van der Waals surface area contributed by atoms with E-state index in [4.69, 9.17) is 4.74 Å². The predicted octanol–water partition coefficient (Wildman–Crippen LogP) is 3.87. The van der Waals surface area contributed by atoms with Crippen molar-refractivity contribution in [1.29, 1.82) is 0 Å². The Morgan fingerprint density at radius 3 is 2.96 bits per heavy atom. The smallest absolute Gasteiger partial charge is 0.368 e. The number of halogens is 3. The Balaban J connectivity index is 1.65. The number of amides is 1. The van der Waals surface area contributed by atoms with Crippen LogP contribution in [0.2, 0.25) is 0 Å². The zero-order valence-electron chi connectivity index (χ0n) is 12.6. The number of anilines is 1. The zero-order chi connectivity index (χ0) is 17.2. The third kappa shape index (κ3) is 4.12. The molecule has 0 spiro atoms. The fourth-order valence-corrected chi connectivity index (χ4v) is 3.33. The highest BCUT2D eigenvalue weighted by molar-refractivity contribution is 7.15. The fraction of sp³-hybridized carbons (Fsp3) is 0.375. The van der Waals surface area contributed by atoms with Gasteiger partial charge in [0.15, 0.2) is 5.13 Å². The number of thiazole rings is 1. The number of carbonyl (C=O) groups is 1. The second-order valence-corrected chi connectivity index (χ2v) is 6.61. The van der Waals surface area contributed by atoms with Crippen LogP contribution in [0.5, 0.6) is 0 Å². The van der Waals surface area contributed by atoms with Crippen molar-refractivity contribution in [3.05, 3.63) is 46.5 Å². The van der Waals surface area contributed by atoms with Crippen molar-refractivity contribution in [3.63, 3.8) is 0 Å². The first-order valence-electron chi connectivity index (χ1n) is 7.45. The molecule has 0 unspecified atom stereocenters. The highest BCUT2D eigenvalue weighted by Crippen LogP contribution is 2.30. The lowest BCUT2D eigenvalue weighted by atomic mass is 10.1. The van der Waals surface area contributed by atoms with Crippen LogP contribution in [0.3, 0.4) is 0 Å². The number of aromatic nitrogens is 1. The van der Waals surface area contributed by atoms with E-state index in [1.54, 1.807) is 12.3 Å². The van der Waals surface area contributed by atoms with Crippen LogP contribution >= 0.6 is 11.3 Å². The first-order valence-corrected chi connectivity index (χ1v) is 8.27. The molecule has 2 aromatic rings. The second kappa shape index (κ2) is 6.90. The molecule has 128 valence electrons. The fourth-order valence-electron chi connectivity index (χ4n) is 2.48. The Bertz CT molecular complexity index is 724. The molecule has 1 aromatic carbocycles. The molecule has 1 fully saturated rings. The van der Waals surface area contributed by atoms with Crippen molar-refractivity contribution in [2.45, 2.75) is 31.5 Å². The van der Waals surface area contributed by atoms with Crippen molar-refractivity contribution in [2.24, 2.45) is 0 Å². The monoisotopic (exact) mass is 356 g/mol. The molecule has 4 nitrogen and oxygen atoms in total. The molecule has 1 saturated heterocycles. The van der Waals surface area contributed by atoms with Gasteiger partial charge in [-0.3, -0.25) is 10.1 Å². The van der Waals surface area contributed by atoms with Gasteiger partial charge in [-0.15, -0.1) is 11.3 Å². The van der Waals surface area contributed by atoms with Crippen LogP contribution in [0, 0.1) is 0 Å². The molecule has 1 aromatic heterocycles. The van der Waals surface area contributed by atoms with E-state index in [2.05, 4.69) is 10.3 Å². The Morgan fingerprint density at radius 1 is 1.42 bits per heavy atom. The van der Waals surface area contributed by atoms with E-state index < -0.39 is 17.8 Å². The summed E-state index contributed by atoms with van der Waals surface area (Å²) in [6.45, 7) is 0.580. The summed E-state index contributed by atoms with van der Waals surface area (Å²) in [4.78, 5) is 16.8. The number of benzene rings is 1. The van der Waals surface area contributed by atoms with Crippen molar-refractivity contribution in [1.82, 2.24) is 4.98 Å². The Labute approximate surface area is 140 Å². The number of carbonyl (C=O) groups excluding carboxylic acids is 1. The van der Waals surface area contributed by atoms with E-state index in [9.17, 15) is 18.0 Å². The highest BCUT2D eigenvalue weighted by atomic mass is 32.1. The van der Waals surface area contributed by atoms with Crippen LogP contribution in [0.4, 0.5) is 18.3 Å². The summed E-state index contributed by atoms with van der Waals surface area (Å²) in [5.41, 5.74) is -0.123. The number of alkyl halides is 3. The Morgan fingerprint density at radius 2 is 2.25 bits per heavy atom. The quantitative estimate of drug-likeness (QED) is 0.905. The lowest BCUT2D eigenvalue weighted by molar-refractivity contribution is -0.137. The van der Waals surface area contributed by atoms with Gasteiger partial charge in [-0.2, -0.15) is 13.2 Å². The van der Waals surface area contributed by atoms with Gasteiger partial charge in [-0.05, 0) is 24.5 Å². The molecule has 0 saturated carbocycles. The number of ether oxygens (including phenoxy) is 1. The zero-order valence-corrected chi connectivity index (χ0v) is 13.4. The highest BCUT2D eigenvalue weighted by Gasteiger charge is 2.30. The van der Waals surface area contributed by atoms with Crippen molar-refractivity contribution < 1.29 is 22.7 Å². The van der Waals surface area contributed by atoms with E-state index in [0.717, 1.165) is 23.4 Å². The van der Waals surface area contributed by atoms with Crippen molar-refractivity contribution in [3.8, 4) is 0 Å². The van der Waals surface area contributed by atoms with Gasteiger partial charge in [0.05, 0.1) is 5.56 Å². The molecular weight excluding hydrogens is 341 g/mol. The summed E-state index contributed by atoms with van der Waals surface area (Å²) in [7, 11) is 0. The summed E-state index contributed by atoms with van der Waals surface area (Å²) in [5.74, 6) is -0.229. The largest absolute Gasteiger partial charge is 0.416 e. The minimum Gasteiger partial charge on any atom is -0.368 e. The third-order valence-electron chi connectivity index (χ3n) is 3.64. The molecular formula is C16H15F3N2O2S. The summed E-state index contributed by atoms with van der Waals surface area (Å²) < 4.78 is 43.5. The number of nitrogens with one attached hydrogen (secondary N) is 1. The van der Waals surface area contributed by atoms with Gasteiger partial charge in [0, 0.05) is 24.1 Å². The minimum absolute atomic E-state index is 0.229. The third-order valence-corrected chi connectivity index (χ3v) is 4.55. The summed E-state index contributed by atoms with van der Waals surface area (Å²) in [6.07, 6.45) is -1.36. The van der Waals surface area contributed by atoms with E-state index in [1.165, 1.54) is 17.4 Å². The van der Waals surface area contributed by atoms with Gasteiger partial charge < -0.3 is 4.74 Å². The molecule has 1 aliphatic rings. The van der Waals surface area contributed by atoms with Crippen molar-refractivity contribution in [2.75, 3.05) is 11.9 Å². The summed E-state index contributed by atoms with van der Waals surface area (Å²) in [5, 5.41) is 3.12. The molecule has 0 bridgehead atoms. The minimum atomic E-state index is -4.36. The first-order chi connectivity index (χ1) is 11.4. The Hall–Kier alpha value is -1.93. The predicted molar refractivity (Wildman–Crippen MR) is 84.0 cm³/mol. The van der Waals surface area contributed by atoms with Gasteiger partial charge in [-0.1, -0.05) is 18.2 Å². The van der Waals surface area contributed by atoms with Gasteiger partial charge in [0.2, 0.25) is 0 Å². The van der Waals surface area contributed by atoms with E-state index in [0.29, 0.717) is 30.1 Å².